The van der Waals surface area contributed by atoms with Crippen molar-refractivity contribution in [2.75, 3.05) is 24.8 Å². The Kier molecular flexibility index (Phi) is 5.87. The summed E-state index contributed by atoms with van der Waals surface area (Å²) in [6.07, 6.45) is 7.16. The zero-order valence-electron chi connectivity index (χ0n) is 19.0. The number of nitrogens with one attached hydrogen (secondary N) is 3. The first-order chi connectivity index (χ1) is 17.0. The van der Waals surface area contributed by atoms with Gasteiger partial charge in [0.1, 0.15) is 28.7 Å². The number of carbonyl (C=O) groups excluding carboxylic acids is 1. The maximum Gasteiger partial charge on any atom is 0.278 e. The molecule has 0 unspecified atom stereocenters. The Morgan fingerprint density at radius 3 is 2.80 bits per heavy atom. The average molecular weight is 478 g/mol. The molecule has 11 nitrogen and oxygen atoms in total. The fraction of sp³-hybridized carbons (Fsp3) is 0.261. The predicted molar refractivity (Wildman–Crippen MR) is 127 cm³/mol. The minimum Gasteiger partial charge on any atom is -0.379 e. The lowest BCUT2D eigenvalue weighted by atomic mass is 9.89. The lowest BCUT2D eigenvalue weighted by molar-refractivity contribution is 0.00732. The average Bonchev–Trinajstić information content (AvgIpc) is 3.27. The van der Waals surface area contributed by atoms with E-state index in [0.717, 1.165) is 19.0 Å². The van der Waals surface area contributed by atoms with Crippen LogP contribution in [0.15, 0.2) is 53.8 Å². The van der Waals surface area contributed by atoms with Crippen molar-refractivity contribution < 1.29 is 13.9 Å². The van der Waals surface area contributed by atoms with E-state index >= 15 is 0 Å². The molecule has 1 aliphatic rings. The second kappa shape index (κ2) is 9.14. The normalized spacial score (nSPS) is 17.1. The minimum absolute atomic E-state index is 0.00705. The lowest BCUT2D eigenvalue weighted by Crippen LogP contribution is -2.51. The molecule has 0 saturated heterocycles. The molecule has 12 heteroatoms. The minimum atomic E-state index is -0.552. The number of amides is 1. The van der Waals surface area contributed by atoms with Crippen LogP contribution < -0.4 is 21.5 Å². The monoisotopic (exact) mass is 478 g/mol. The molecule has 0 aromatic carbocycles. The number of fused-ring (bicyclic) bond motifs is 1. The highest BCUT2D eigenvalue weighted by Gasteiger charge is 2.33. The number of anilines is 3. The van der Waals surface area contributed by atoms with Gasteiger partial charge in [0.2, 0.25) is 0 Å². The van der Waals surface area contributed by atoms with Gasteiger partial charge in [-0.1, -0.05) is 0 Å². The topological polar surface area (TPSA) is 127 Å². The second-order valence-electron chi connectivity index (χ2n) is 8.09. The summed E-state index contributed by atoms with van der Waals surface area (Å²) in [7, 11) is 3.34. The molecule has 1 aliphatic carbocycles. The summed E-state index contributed by atoms with van der Waals surface area (Å²) < 4.78 is 21.8. The smallest absolute Gasteiger partial charge is 0.278 e. The number of aromatic nitrogens is 5. The quantitative estimate of drug-likeness (QED) is 0.369. The molecule has 35 heavy (non-hydrogen) atoms. The molecular weight excluding hydrogens is 455 g/mol. The van der Waals surface area contributed by atoms with Crippen LogP contribution in [0.1, 0.15) is 23.2 Å². The molecule has 1 amide bonds. The Labute approximate surface area is 199 Å². The summed E-state index contributed by atoms with van der Waals surface area (Å²) in [5.74, 6) is 0.0190. The molecule has 2 atom stereocenters. The van der Waals surface area contributed by atoms with Crippen LogP contribution in [-0.4, -0.2) is 56.4 Å². The van der Waals surface area contributed by atoms with Gasteiger partial charge in [-0.2, -0.15) is 9.61 Å². The highest BCUT2D eigenvalue weighted by atomic mass is 19.1. The molecule has 1 fully saturated rings. The van der Waals surface area contributed by atoms with Crippen LogP contribution in [0.2, 0.25) is 0 Å². The Hall–Kier alpha value is -4.32. The van der Waals surface area contributed by atoms with Gasteiger partial charge < -0.3 is 20.7 Å². The van der Waals surface area contributed by atoms with Crippen molar-refractivity contribution in [3.63, 3.8) is 0 Å². The molecule has 5 rings (SSSR count). The third kappa shape index (κ3) is 4.19. The number of methoxy groups -OCH3 is 1. The van der Waals surface area contributed by atoms with Gasteiger partial charge in [-0.3, -0.25) is 19.1 Å². The highest BCUT2D eigenvalue weighted by molar-refractivity contribution is 6.00. The molecule has 0 bridgehead atoms. The highest BCUT2D eigenvalue weighted by Crippen LogP contribution is 2.25. The van der Waals surface area contributed by atoms with E-state index in [9.17, 15) is 14.0 Å². The van der Waals surface area contributed by atoms with Crippen molar-refractivity contribution in [3.8, 4) is 5.69 Å². The van der Waals surface area contributed by atoms with Crippen molar-refractivity contribution in [1.82, 2.24) is 29.5 Å². The van der Waals surface area contributed by atoms with Crippen molar-refractivity contribution in [2.45, 2.75) is 25.0 Å². The maximum atomic E-state index is 13.6. The van der Waals surface area contributed by atoms with E-state index < -0.39 is 11.4 Å². The number of hydrogen-bond donors (Lipinski definition) is 3. The molecule has 0 spiro atoms. The van der Waals surface area contributed by atoms with Gasteiger partial charge in [0.05, 0.1) is 36.4 Å². The van der Waals surface area contributed by atoms with Gasteiger partial charge in [-0.05, 0) is 25.0 Å². The van der Waals surface area contributed by atoms with Gasteiger partial charge in [0, 0.05) is 32.5 Å². The van der Waals surface area contributed by atoms with Crippen molar-refractivity contribution >= 4 is 28.9 Å². The molecule has 0 aliphatic heterocycles. The summed E-state index contributed by atoms with van der Waals surface area (Å²) in [4.78, 5) is 34.4. The van der Waals surface area contributed by atoms with Crippen LogP contribution in [-0.2, 0) is 4.74 Å². The van der Waals surface area contributed by atoms with E-state index in [0.29, 0.717) is 22.8 Å². The Balaban J connectivity index is 1.48. The van der Waals surface area contributed by atoms with E-state index in [1.165, 1.54) is 33.7 Å². The first-order valence-corrected chi connectivity index (χ1v) is 11.0. The zero-order valence-corrected chi connectivity index (χ0v) is 19.0. The fourth-order valence-corrected chi connectivity index (χ4v) is 3.99. The number of pyridine rings is 2. The summed E-state index contributed by atoms with van der Waals surface area (Å²) in [5, 5.41) is 13.3. The Morgan fingerprint density at radius 1 is 1.23 bits per heavy atom. The Bertz CT molecular complexity index is 1460. The van der Waals surface area contributed by atoms with E-state index in [2.05, 4.69) is 31.0 Å². The number of halogens is 1. The van der Waals surface area contributed by atoms with Gasteiger partial charge in [-0.25, -0.2) is 9.37 Å². The van der Waals surface area contributed by atoms with Gasteiger partial charge in [0.15, 0.2) is 5.65 Å². The van der Waals surface area contributed by atoms with Crippen LogP contribution in [0.25, 0.3) is 11.3 Å². The molecule has 1 saturated carbocycles. The third-order valence-corrected chi connectivity index (χ3v) is 5.98. The summed E-state index contributed by atoms with van der Waals surface area (Å²) >= 11 is 0. The largest absolute Gasteiger partial charge is 0.379 e. The van der Waals surface area contributed by atoms with E-state index in [1.54, 1.807) is 32.4 Å². The van der Waals surface area contributed by atoms with Crippen LogP contribution in [0.4, 0.5) is 21.7 Å². The van der Waals surface area contributed by atoms with E-state index in [-0.39, 0.29) is 29.4 Å². The number of nitrogens with zero attached hydrogens (tertiary/aromatic N) is 5. The third-order valence-electron chi connectivity index (χ3n) is 5.98. The van der Waals surface area contributed by atoms with Crippen LogP contribution in [0.5, 0.6) is 0 Å². The zero-order chi connectivity index (χ0) is 24.5. The SMILES string of the molecule is CNc1cc(Nc2cccn(-c3cncc(F)c3)c2=O)nc2c(C(=O)N[C@H]3CC[C@@H]3OC)cnn12. The fourth-order valence-electron chi connectivity index (χ4n) is 3.99. The van der Waals surface area contributed by atoms with Crippen molar-refractivity contribution in [3.05, 3.63) is 70.8 Å². The molecule has 180 valence electrons. The van der Waals surface area contributed by atoms with Crippen LogP contribution in [0.3, 0.4) is 0 Å². The Morgan fingerprint density at radius 2 is 2.09 bits per heavy atom. The first-order valence-electron chi connectivity index (χ1n) is 11.0. The number of hydrogen-bond acceptors (Lipinski definition) is 8. The molecule has 3 N–H and O–H groups in total. The number of ether oxygens (including phenoxy) is 1. The lowest BCUT2D eigenvalue weighted by Gasteiger charge is -2.35. The van der Waals surface area contributed by atoms with E-state index in [1.807, 2.05) is 0 Å². The number of rotatable bonds is 7. The molecule has 4 aromatic heterocycles. The first kappa shape index (κ1) is 22.5. The summed E-state index contributed by atoms with van der Waals surface area (Å²) in [5.41, 5.74) is 0.685. The van der Waals surface area contributed by atoms with Crippen LogP contribution >= 0.6 is 0 Å². The second-order valence-corrected chi connectivity index (χ2v) is 8.09. The van der Waals surface area contributed by atoms with Crippen molar-refractivity contribution in [1.29, 1.82) is 0 Å². The van der Waals surface area contributed by atoms with Gasteiger partial charge >= 0.3 is 0 Å². The summed E-state index contributed by atoms with van der Waals surface area (Å²) in [6, 6.07) is 6.05. The van der Waals surface area contributed by atoms with Gasteiger partial charge in [0.25, 0.3) is 11.5 Å². The van der Waals surface area contributed by atoms with Crippen LogP contribution in [0, 0.1) is 5.82 Å². The molecule has 4 heterocycles. The van der Waals surface area contributed by atoms with E-state index in [4.69, 9.17) is 4.74 Å². The molecular formula is C23H23FN8O3. The number of carbonyl (C=O) groups is 1. The molecule has 4 aromatic rings. The summed E-state index contributed by atoms with van der Waals surface area (Å²) in [6.45, 7) is 0. The molecule has 0 radical (unpaired) electrons. The standard InChI is InChI=1S/C23H23FN8O3/c1-25-20-9-19(28-17-4-3-7-31(23(17)34)14-8-13(24)10-26-11-14)30-21-15(12-27-32(20)21)22(33)29-16-5-6-18(16)35-2/h3-4,7-12,16,18,25H,5-6H2,1-2H3,(H,28,30)(H,29,33)/t16-,18-/m0/s1. The van der Waals surface area contributed by atoms with Crippen molar-refractivity contribution in [2.24, 2.45) is 0 Å². The van der Waals surface area contributed by atoms with Gasteiger partial charge in [-0.15, -0.1) is 0 Å². The predicted octanol–water partition coefficient (Wildman–Crippen LogP) is 2.11. The maximum absolute atomic E-state index is 13.6.